The first kappa shape index (κ1) is 25.1. The van der Waals surface area contributed by atoms with Crippen LogP contribution in [0.25, 0.3) is 10.9 Å². The highest BCUT2D eigenvalue weighted by Crippen LogP contribution is 2.30. The first-order valence-electron chi connectivity index (χ1n) is 13.0. The minimum Gasteiger partial charge on any atom is -0.497 e. The second kappa shape index (κ2) is 12.1. The molecule has 0 unspecified atom stereocenters. The lowest BCUT2D eigenvalue weighted by atomic mass is 10.0. The number of methoxy groups -OCH3 is 1. The molecule has 0 aliphatic carbocycles. The number of rotatable bonds is 11. The molecule has 1 aromatic heterocycles. The number of benzene rings is 3. The van der Waals surface area contributed by atoms with Crippen LogP contribution in [0.15, 0.2) is 72.8 Å². The standard InChI is InChI=1S/C31H35N3O3/c1-36-26-13-14-29-28(18-26)27-15-17-34(20-30(27)33-29)19-24-11-9-23(10-12-24)8-5-16-32-31(35)22-37-21-25-6-3-2-4-7-25/h2-4,6-7,9-14,18,33H,5,8,15-17,19-22H2,1H3,(H,32,35). The maximum absolute atomic E-state index is 12.0. The third-order valence-corrected chi connectivity index (χ3v) is 7.00. The highest BCUT2D eigenvalue weighted by Gasteiger charge is 2.21. The van der Waals surface area contributed by atoms with Crippen LogP contribution in [-0.4, -0.2) is 42.6 Å². The summed E-state index contributed by atoms with van der Waals surface area (Å²) in [6, 6.07) is 25.1. The quantitative estimate of drug-likeness (QED) is 0.286. The van der Waals surface area contributed by atoms with Crippen molar-refractivity contribution in [3.63, 3.8) is 0 Å². The summed E-state index contributed by atoms with van der Waals surface area (Å²) in [6.45, 7) is 4.13. The summed E-state index contributed by atoms with van der Waals surface area (Å²) in [5.74, 6) is 0.845. The molecule has 0 saturated heterocycles. The molecule has 4 aromatic rings. The zero-order valence-electron chi connectivity index (χ0n) is 21.5. The normalized spacial score (nSPS) is 13.4. The molecule has 37 heavy (non-hydrogen) atoms. The molecule has 5 rings (SSSR count). The van der Waals surface area contributed by atoms with Crippen LogP contribution >= 0.6 is 0 Å². The van der Waals surface area contributed by atoms with Crippen LogP contribution in [0.2, 0.25) is 0 Å². The van der Waals surface area contributed by atoms with E-state index in [-0.39, 0.29) is 12.5 Å². The van der Waals surface area contributed by atoms with E-state index >= 15 is 0 Å². The Balaban J connectivity index is 1.03. The number of aromatic amines is 1. The lowest BCUT2D eigenvalue weighted by Crippen LogP contribution is -2.29. The number of H-pyrrole nitrogens is 1. The van der Waals surface area contributed by atoms with E-state index in [1.54, 1.807) is 7.11 Å². The first-order valence-corrected chi connectivity index (χ1v) is 13.0. The molecule has 2 N–H and O–H groups in total. The molecule has 1 amide bonds. The van der Waals surface area contributed by atoms with Crippen LogP contribution < -0.4 is 10.1 Å². The second-order valence-corrected chi connectivity index (χ2v) is 9.70. The molecular formula is C31H35N3O3. The van der Waals surface area contributed by atoms with E-state index in [1.165, 1.54) is 33.3 Å². The molecule has 0 atom stereocenters. The molecule has 192 valence electrons. The van der Waals surface area contributed by atoms with Crippen molar-refractivity contribution in [3.8, 4) is 5.75 Å². The molecule has 0 bridgehead atoms. The molecule has 1 aliphatic heterocycles. The third-order valence-electron chi connectivity index (χ3n) is 7.00. The number of nitrogens with one attached hydrogen (secondary N) is 2. The lowest BCUT2D eigenvalue weighted by molar-refractivity contribution is -0.126. The van der Waals surface area contributed by atoms with Crippen molar-refractivity contribution < 1.29 is 14.3 Å². The number of nitrogens with zero attached hydrogens (tertiary/aromatic N) is 1. The Morgan fingerprint density at radius 3 is 2.62 bits per heavy atom. The van der Waals surface area contributed by atoms with Crippen molar-refractivity contribution in [3.05, 3.63) is 101 Å². The minimum absolute atomic E-state index is 0.0648. The average molecular weight is 498 g/mol. The van der Waals surface area contributed by atoms with Gasteiger partial charge >= 0.3 is 0 Å². The molecule has 3 aromatic carbocycles. The molecule has 0 spiro atoms. The van der Waals surface area contributed by atoms with Crippen LogP contribution in [0.5, 0.6) is 5.75 Å². The second-order valence-electron chi connectivity index (χ2n) is 9.70. The van der Waals surface area contributed by atoms with Crippen molar-refractivity contribution >= 4 is 16.8 Å². The van der Waals surface area contributed by atoms with Crippen LogP contribution in [0.4, 0.5) is 0 Å². The Hall–Kier alpha value is -3.61. The topological polar surface area (TPSA) is 66.6 Å². The van der Waals surface area contributed by atoms with Gasteiger partial charge in [0.15, 0.2) is 0 Å². The van der Waals surface area contributed by atoms with Crippen LogP contribution in [-0.2, 0) is 42.1 Å². The smallest absolute Gasteiger partial charge is 0.246 e. The maximum atomic E-state index is 12.0. The molecule has 2 heterocycles. The zero-order valence-corrected chi connectivity index (χ0v) is 21.5. The number of hydrogen-bond acceptors (Lipinski definition) is 4. The minimum atomic E-state index is -0.0648. The van der Waals surface area contributed by atoms with Crippen molar-refractivity contribution in [2.24, 2.45) is 0 Å². The summed E-state index contributed by atoms with van der Waals surface area (Å²) < 4.78 is 10.9. The Morgan fingerprint density at radius 1 is 1.00 bits per heavy atom. The van der Waals surface area contributed by atoms with E-state index in [2.05, 4.69) is 51.6 Å². The fourth-order valence-corrected chi connectivity index (χ4v) is 5.01. The van der Waals surface area contributed by atoms with Gasteiger partial charge in [0.05, 0.1) is 13.7 Å². The number of ether oxygens (including phenoxy) is 2. The third kappa shape index (κ3) is 6.59. The van der Waals surface area contributed by atoms with E-state index in [1.807, 2.05) is 36.4 Å². The van der Waals surface area contributed by atoms with Crippen LogP contribution in [0.1, 0.15) is 34.4 Å². The van der Waals surface area contributed by atoms with Crippen molar-refractivity contribution in [2.75, 3.05) is 26.8 Å². The summed E-state index contributed by atoms with van der Waals surface area (Å²) in [7, 11) is 1.72. The van der Waals surface area contributed by atoms with Gasteiger partial charge in [0.1, 0.15) is 12.4 Å². The van der Waals surface area contributed by atoms with E-state index < -0.39 is 0 Å². The molecule has 0 fully saturated rings. The first-order chi connectivity index (χ1) is 18.2. The average Bonchev–Trinajstić information content (AvgIpc) is 3.29. The van der Waals surface area contributed by atoms with Gasteiger partial charge in [-0.05, 0) is 59.7 Å². The Morgan fingerprint density at radius 2 is 1.81 bits per heavy atom. The lowest BCUT2D eigenvalue weighted by Gasteiger charge is -2.27. The van der Waals surface area contributed by atoms with Gasteiger partial charge in [-0.2, -0.15) is 0 Å². The molecular weight excluding hydrogens is 462 g/mol. The zero-order chi connectivity index (χ0) is 25.5. The monoisotopic (exact) mass is 497 g/mol. The Labute approximate surface area is 218 Å². The number of carbonyl (C=O) groups is 1. The number of hydrogen-bond donors (Lipinski definition) is 2. The van der Waals surface area contributed by atoms with E-state index in [0.29, 0.717) is 13.2 Å². The van der Waals surface area contributed by atoms with Crippen LogP contribution in [0.3, 0.4) is 0 Å². The fraction of sp³-hybridized carbons (Fsp3) is 0.323. The molecule has 0 radical (unpaired) electrons. The largest absolute Gasteiger partial charge is 0.497 e. The van der Waals surface area contributed by atoms with Gasteiger partial charge in [-0.25, -0.2) is 0 Å². The van der Waals surface area contributed by atoms with Gasteiger partial charge in [0, 0.05) is 42.8 Å². The van der Waals surface area contributed by atoms with Crippen molar-refractivity contribution in [1.82, 2.24) is 15.2 Å². The number of fused-ring (bicyclic) bond motifs is 3. The van der Waals surface area contributed by atoms with Gasteiger partial charge in [0.25, 0.3) is 0 Å². The molecule has 0 saturated carbocycles. The Bertz CT molecular complexity index is 1320. The SMILES string of the molecule is COc1ccc2[nH]c3c(c2c1)CCN(Cc1ccc(CCCNC(=O)COCc2ccccc2)cc1)C3. The van der Waals surface area contributed by atoms with Gasteiger partial charge < -0.3 is 19.8 Å². The number of aromatic nitrogens is 1. The van der Waals surface area contributed by atoms with Crippen molar-refractivity contribution in [1.29, 1.82) is 0 Å². The number of aryl methyl sites for hydroxylation is 1. The van der Waals surface area contributed by atoms with E-state index in [4.69, 9.17) is 9.47 Å². The summed E-state index contributed by atoms with van der Waals surface area (Å²) in [4.78, 5) is 18.1. The van der Waals surface area contributed by atoms with Gasteiger partial charge in [-0.15, -0.1) is 0 Å². The Kier molecular flexibility index (Phi) is 8.18. The predicted octanol–water partition coefficient (Wildman–Crippen LogP) is 5.00. The van der Waals surface area contributed by atoms with Crippen LogP contribution in [0, 0.1) is 0 Å². The molecule has 1 aliphatic rings. The highest BCUT2D eigenvalue weighted by atomic mass is 16.5. The predicted molar refractivity (Wildman–Crippen MR) is 147 cm³/mol. The van der Waals surface area contributed by atoms with Gasteiger partial charge in [0.2, 0.25) is 5.91 Å². The summed E-state index contributed by atoms with van der Waals surface area (Å²) in [5, 5.41) is 4.23. The molecule has 6 heteroatoms. The highest BCUT2D eigenvalue weighted by molar-refractivity contribution is 5.86. The number of carbonyl (C=O) groups excluding carboxylic acids is 1. The fourth-order valence-electron chi connectivity index (χ4n) is 5.01. The van der Waals surface area contributed by atoms with Gasteiger partial charge in [-0.1, -0.05) is 54.6 Å². The van der Waals surface area contributed by atoms with E-state index in [9.17, 15) is 4.79 Å². The summed E-state index contributed by atoms with van der Waals surface area (Å²) in [6.07, 6.45) is 2.89. The summed E-state index contributed by atoms with van der Waals surface area (Å²) in [5.41, 5.74) is 7.63. The number of amides is 1. The molecule has 6 nitrogen and oxygen atoms in total. The summed E-state index contributed by atoms with van der Waals surface area (Å²) >= 11 is 0. The van der Waals surface area contributed by atoms with Crippen molar-refractivity contribution in [2.45, 2.75) is 39.0 Å². The van der Waals surface area contributed by atoms with E-state index in [0.717, 1.165) is 50.2 Å². The van der Waals surface area contributed by atoms with Gasteiger partial charge in [-0.3, -0.25) is 9.69 Å². The maximum Gasteiger partial charge on any atom is 0.246 e.